The minimum Gasteiger partial charge on any atom is -0.490 e. The predicted molar refractivity (Wildman–Crippen MR) is 131 cm³/mol. The molecule has 9 heteroatoms. The van der Waals surface area contributed by atoms with Gasteiger partial charge in [0.25, 0.3) is 0 Å². The van der Waals surface area contributed by atoms with Gasteiger partial charge in [-0.1, -0.05) is 18.2 Å². The van der Waals surface area contributed by atoms with E-state index in [0.29, 0.717) is 57.2 Å². The summed E-state index contributed by atoms with van der Waals surface area (Å²) in [6, 6.07) is 14.9. The van der Waals surface area contributed by atoms with Crippen molar-refractivity contribution in [2.75, 3.05) is 51.3 Å². The zero-order valence-corrected chi connectivity index (χ0v) is 20.4. The topological polar surface area (TPSA) is 88.2 Å². The first kappa shape index (κ1) is 24.3. The summed E-state index contributed by atoms with van der Waals surface area (Å²) in [4.78, 5) is 15.0. The number of piperidine rings is 1. The lowest BCUT2D eigenvalue weighted by atomic mass is 9.97. The van der Waals surface area contributed by atoms with Crippen LogP contribution in [0.3, 0.4) is 0 Å². The Kier molecular flexibility index (Phi) is 7.95. The van der Waals surface area contributed by atoms with Crippen molar-refractivity contribution < 1.29 is 22.7 Å². The molecule has 2 aromatic carbocycles. The fourth-order valence-corrected chi connectivity index (χ4v) is 5.78. The summed E-state index contributed by atoms with van der Waals surface area (Å²) < 4.78 is 39.0. The van der Waals surface area contributed by atoms with Gasteiger partial charge < -0.3 is 19.7 Å². The maximum absolute atomic E-state index is 13.2. The van der Waals surface area contributed by atoms with Gasteiger partial charge in [-0.25, -0.2) is 8.42 Å². The zero-order valence-electron chi connectivity index (χ0n) is 19.6. The molecule has 184 valence electrons. The molecule has 8 nitrogen and oxygen atoms in total. The van der Waals surface area contributed by atoms with E-state index in [-0.39, 0.29) is 16.7 Å². The molecule has 0 aliphatic carbocycles. The number of amides is 1. The summed E-state index contributed by atoms with van der Waals surface area (Å²) in [5.74, 6) is 0.879. The van der Waals surface area contributed by atoms with Crippen LogP contribution in [-0.2, 0) is 14.8 Å². The van der Waals surface area contributed by atoms with E-state index in [1.165, 1.54) is 4.31 Å². The molecule has 2 aliphatic heterocycles. The second kappa shape index (κ2) is 11.1. The van der Waals surface area contributed by atoms with E-state index in [1.54, 1.807) is 18.2 Å². The smallest absolute Gasteiger partial charge is 0.243 e. The van der Waals surface area contributed by atoms with E-state index in [9.17, 15) is 13.2 Å². The average molecular weight is 488 g/mol. The van der Waals surface area contributed by atoms with Crippen LogP contribution in [0, 0.1) is 5.92 Å². The van der Waals surface area contributed by atoms with Crippen molar-refractivity contribution in [3.63, 3.8) is 0 Å². The number of para-hydroxylation sites is 1. The van der Waals surface area contributed by atoms with Crippen LogP contribution in [0.2, 0.25) is 0 Å². The van der Waals surface area contributed by atoms with Crippen LogP contribution in [0.25, 0.3) is 0 Å². The third-order valence-electron chi connectivity index (χ3n) is 6.35. The quantitative estimate of drug-likeness (QED) is 0.576. The predicted octanol–water partition coefficient (Wildman–Crippen LogP) is 2.89. The van der Waals surface area contributed by atoms with Crippen molar-refractivity contribution in [1.82, 2.24) is 9.62 Å². The van der Waals surface area contributed by atoms with E-state index in [4.69, 9.17) is 9.47 Å². The number of carbonyl (C=O) groups is 1. The first-order valence-electron chi connectivity index (χ1n) is 11.9. The molecule has 4 rings (SSSR count). The van der Waals surface area contributed by atoms with Crippen molar-refractivity contribution in [3.8, 4) is 11.5 Å². The van der Waals surface area contributed by atoms with Crippen molar-refractivity contribution in [2.24, 2.45) is 5.92 Å². The molecule has 1 saturated heterocycles. The lowest BCUT2D eigenvalue weighted by Gasteiger charge is -2.30. The minimum absolute atomic E-state index is 0.00925. The SMILES string of the molecule is CN(CCCNC(=O)C1CCN(S(=O)(=O)c2ccc3c(c2)OCCCO3)CC1)c1ccccc1. The van der Waals surface area contributed by atoms with Crippen LogP contribution in [0.4, 0.5) is 5.69 Å². The lowest BCUT2D eigenvalue weighted by Crippen LogP contribution is -2.43. The second-order valence-electron chi connectivity index (χ2n) is 8.74. The van der Waals surface area contributed by atoms with Gasteiger partial charge in [0.1, 0.15) is 0 Å². The van der Waals surface area contributed by atoms with E-state index in [2.05, 4.69) is 22.3 Å². The first-order chi connectivity index (χ1) is 16.4. The Hall–Kier alpha value is -2.78. The monoisotopic (exact) mass is 487 g/mol. The maximum Gasteiger partial charge on any atom is 0.243 e. The minimum atomic E-state index is -3.65. The highest BCUT2D eigenvalue weighted by molar-refractivity contribution is 7.89. The number of nitrogens with zero attached hydrogens (tertiary/aromatic N) is 2. The molecule has 2 aromatic rings. The summed E-state index contributed by atoms with van der Waals surface area (Å²) in [6.07, 6.45) is 2.63. The van der Waals surface area contributed by atoms with Gasteiger partial charge in [0.2, 0.25) is 15.9 Å². The molecule has 0 atom stereocenters. The number of hydrogen-bond donors (Lipinski definition) is 1. The van der Waals surface area contributed by atoms with Gasteiger partial charge >= 0.3 is 0 Å². The number of anilines is 1. The van der Waals surface area contributed by atoms with Crippen molar-refractivity contribution in [1.29, 1.82) is 0 Å². The van der Waals surface area contributed by atoms with E-state index >= 15 is 0 Å². The van der Waals surface area contributed by atoms with E-state index in [0.717, 1.165) is 25.1 Å². The van der Waals surface area contributed by atoms with Gasteiger partial charge in [-0.3, -0.25) is 4.79 Å². The molecule has 1 N–H and O–H groups in total. The zero-order chi connectivity index (χ0) is 24.0. The Morgan fingerprint density at radius 2 is 1.76 bits per heavy atom. The number of ether oxygens (including phenoxy) is 2. The number of sulfonamides is 1. The summed E-state index contributed by atoms with van der Waals surface area (Å²) in [5, 5.41) is 3.02. The fourth-order valence-electron chi connectivity index (χ4n) is 4.30. The molecule has 1 fully saturated rings. The number of nitrogens with one attached hydrogen (secondary N) is 1. The van der Waals surface area contributed by atoms with Crippen molar-refractivity contribution in [2.45, 2.75) is 30.6 Å². The highest BCUT2D eigenvalue weighted by atomic mass is 32.2. The fraction of sp³-hybridized carbons (Fsp3) is 0.480. The molecule has 0 unspecified atom stereocenters. The van der Waals surface area contributed by atoms with E-state index < -0.39 is 10.0 Å². The Balaban J connectivity index is 1.24. The number of rotatable bonds is 8. The molecule has 0 aromatic heterocycles. The molecule has 0 saturated carbocycles. The van der Waals surface area contributed by atoms with Gasteiger partial charge in [-0.05, 0) is 43.5 Å². The lowest BCUT2D eigenvalue weighted by molar-refractivity contribution is -0.126. The third kappa shape index (κ3) is 5.82. The Bertz CT molecular complexity index is 1070. The van der Waals surface area contributed by atoms with Gasteiger partial charge in [0, 0.05) is 57.3 Å². The molecule has 2 heterocycles. The molecule has 2 aliphatic rings. The highest BCUT2D eigenvalue weighted by Gasteiger charge is 2.32. The summed E-state index contributed by atoms with van der Waals surface area (Å²) >= 11 is 0. The number of fused-ring (bicyclic) bond motifs is 1. The summed E-state index contributed by atoms with van der Waals surface area (Å²) in [7, 11) is -1.61. The molecule has 34 heavy (non-hydrogen) atoms. The Morgan fingerprint density at radius 3 is 2.50 bits per heavy atom. The van der Waals surface area contributed by atoms with Gasteiger partial charge in [0.05, 0.1) is 18.1 Å². The molecule has 1 amide bonds. The van der Waals surface area contributed by atoms with Crippen LogP contribution in [0.15, 0.2) is 53.4 Å². The molecular weight excluding hydrogens is 454 g/mol. The largest absolute Gasteiger partial charge is 0.490 e. The Labute approximate surface area is 201 Å². The van der Waals surface area contributed by atoms with Crippen LogP contribution >= 0.6 is 0 Å². The first-order valence-corrected chi connectivity index (χ1v) is 13.3. The van der Waals surface area contributed by atoms with Crippen molar-refractivity contribution in [3.05, 3.63) is 48.5 Å². The second-order valence-corrected chi connectivity index (χ2v) is 10.7. The molecule has 0 bridgehead atoms. The molecule has 0 spiro atoms. The van der Waals surface area contributed by atoms with E-state index in [1.807, 2.05) is 25.2 Å². The standard InChI is InChI=1S/C25H33N3O5S/c1-27(21-7-3-2-4-8-21)14-5-13-26-25(29)20-11-15-28(16-12-20)34(30,31)22-9-10-23-24(19-22)33-18-6-17-32-23/h2-4,7-10,19-20H,5-6,11-18H2,1H3,(H,26,29). The number of carbonyl (C=O) groups excluding carboxylic acids is 1. The number of benzene rings is 2. The normalized spacial score (nSPS) is 17.1. The van der Waals surface area contributed by atoms with Crippen LogP contribution in [0.1, 0.15) is 25.7 Å². The molecule has 0 radical (unpaired) electrons. The Morgan fingerprint density at radius 1 is 1.06 bits per heavy atom. The van der Waals surface area contributed by atoms with Crippen LogP contribution < -0.4 is 19.7 Å². The highest BCUT2D eigenvalue weighted by Crippen LogP contribution is 2.33. The summed E-state index contributed by atoms with van der Waals surface area (Å²) in [6.45, 7) is 3.15. The van der Waals surface area contributed by atoms with Crippen LogP contribution in [0.5, 0.6) is 11.5 Å². The van der Waals surface area contributed by atoms with Gasteiger partial charge in [0.15, 0.2) is 11.5 Å². The maximum atomic E-state index is 13.2. The van der Waals surface area contributed by atoms with Gasteiger partial charge in [-0.2, -0.15) is 4.31 Å². The van der Waals surface area contributed by atoms with Crippen LogP contribution in [-0.4, -0.2) is 65.1 Å². The summed E-state index contributed by atoms with van der Waals surface area (Å²) in [5.41, 5.74) is 1.15. The average Bonchev–Trinajstić information content (AvgIpc) is 3.12. The van der Waals surface area contributed by atoms with Gasteiger partial charge in [-0.15, -0.1) is 0 Å². The molecular formula is C25H33N3O5S. The third-order valence-corrected chi connectivity index (χ3v) is 8.24. The number of hydrogen-bond acceptors (Lipinski definition) is 6. The van der Waals surface area contributed by atoms with Crippen molar-refractivity contribution >= 4 is 21.6 Å².